The summed E-state index contributed by atoms with van der Waals surface area (Å²) in [5, 5.41) is 7.49. The first-order chi connectivity index (χ1) is 9.22. The van der Waals surface area contributed by atoms with Crippen molar-refractivity contribution in [3.63, 3.8) is 0 Å². The van der Waals surface area contributed by atoms with E-state index in [1.54, 1.807) is 30.5 Å². The largest absolute Gasteiger partial charge is 0.319 e. The topological polar surface area (TPSA) is 46.9 Å². The molecule has 0 unspecified atom stereocenters. The van der Waals surface area contributed by atoms with E-state index in [0.717, 1.165) is 12.5 Å². The normalized spacial score (nSPS) is 14.4. The number of nitrogens with one attached hydrogen (secondary N) is 1. The molecule has 1 aliphatic carbocycles. The molecule has 1 fully saturated rings. The van der Waals surface area contributed by atoms with Crippen molar-refractivity contribution in [3.8, 4) is 0 Å². The van der Waals surface area contributed by atoms with E-state index in [0.29, 0.717) is 16.3 Å². The van der Waals surface area contributed by atoms with Crippen LogP contribution >= 0.6 is 11.6 Å². The Labute approximate surface area is 116 Å². The van der Waals surface area contributed by atoms with Gasteiger partial charge in [0.25, 0.3) is 5.91 Å². The molecule has 1 heterocycles. The predicted molar refractivity (Wildman–Crippen MR) is 74.4 cm³/mol. The first-order valence-electron chi connectivity index (χ1n) is 6.31. The number of rotatable bonds is 4. The zero-order valence-corrected chi connectivity index (χ0v) is 11.1. The Balaban J connectivity index is 1.68. The number of benzene rings is 1. The molecule has 0 saturated heterocycles. The lowest BCUT2D eigenvalue weighted by Gasteiger charge is -2.04. The summed E-state index contributed by atoms with van der Waals surface area (Å²) in [6.07, 6.45) is 6.08. The minimum atomic E-state index is -0.212. The van der Waals surface area contributed by atoms with E-state index in [-0.39, 0.29) is 5.91 Å². The van der Waals surface area contributed by atoms with Crippen molar-refractivity contribution >= 4 is 23.2 Å². The van der Waals surface area contributed by atoms with Crippen LogP contribution in [0.5, 0.6) is 0 Å². The van der Waals surface area contributed by atoms with Crippen LogP contribution in [0.15, 0.2) is 36.7 Å². The molecule has 3 rings (SSSR count). The van der Waals surface area contributed by atoms with Gasteiger partial charge in [0.1, 0.15) is 0 Å². The van der Waals surface area contributed by atoms with Gasteiger partial charge < -0.3 is 5.32 Å². The van der Waals surface area contributed by atoms with Gasteiger partial charge in [-0.05, 0) is 30.9 Å². The minimum Gasteiger partial charge on any atom is -0.319 e. The highest BCUT2D eigenvalue weighted by atomic mass is 35.5. The molecule has 0 bridgehead atoms. The quantitative estimate of drug-likeness (QED) is 0.931. The van der Waals surface area contributed by atoms with Crippen molar-refractivity contribution in [2.45, 2.75) is 19.4 Å². The maximum atomic E-state index is 12.0. The third-order valence-corrected chi connectivity index (χ3v) is 3.48. The summed E-state index contributed by atoms with van der Waals surface area (Å²) in [7, 11) is 0. The fourth-order valence-electron chi connectivity index (χ4n) is 1.94. The van der Waals surface area contributed by atoms with Gasteiger partial charge in [0.2, 0.25) is 0 Å². The molecule has 1 N–H and O–H groups in total. The number of hydrogen-bond donors (Lipinski definition) is 1. The van der Waals surface area contributed by atoms with Crippen LogP contribution in [0.25, 0.3) is 0 Å². The highest BCUT2D eigenvalue weighted by Gasteiger charge is 2.22. The number of amides is 1. The van der Waals surface area contributed by atoms with E-state index in [9.17, 15) is 4.79 Å². The smallest absolute Gasteiger partial charge is 0.257 e. The Kier molecular flexibility index (Phi) is 3.25. The van der Waals surface area contributed by atoms with Crippen molar-refractivity contribution < 1.29 is 4.79 Å². The Morgan fingerprint density at radius 1 is 1.42 bits per heavy atom. The molecule has 2 aromatic rings. The van der Waals surface area contributed by atoms with E-state index >= 15 is 0 Å². The lowest BCUT2D eigenvalue weighted by Crippen LogP contribution is -2.11. The number of carbonyl (C=O) groups excluding carboxylic acids is 1. The molecule has 0 atom stereocenters. The average Bonchev–Trinajstić information content (AvgIpc) is 3.09. The monoisotopic (exact) mass is 275 g/mol. The first kappa shape index (κ1) is 12.2. The average molecular weight is 276 g/mol. The maximum absolute atomic E-state index is 12.0. The molecule has 4 nitrogen and oxygen atoms in total. The lowest BCUT2D eigenvalue weighted by molar-refractivity contribution is 0.102. The van der Waals surface area contributed by atoms with Crippen molar-refractivity contribution in [2.75, 3.05) is 5.32 Å². The van der Waals surface area contributed by atoms with E-state index in [4.69, 9.17) is 11.6 Å². The molecule has 1 aromatic carbocycles. The maximum Gasteiger partial charge on any atom is 0.257 e. The molecule has 1 amide bonds. The standard InChI is InChI=1S/C14H14ClN3O/c15-13-4-2-1-3-12(13)14(19)17-11-7-16-18(9-11)8-10-5-6-10/h1-4,7,9-10H,5-6,8H2,(H,17,19). The number of anilines is 1. The third-order valence-electron chi connectivity index (χ3n) is 3.15. The van der Waals surface area contributed by atoms with E-state index in [1.807, 2.05) is 10.9 Å². The molecule has 0 spiro atoms. The SMILES string of the molecule is O=C(Nc1cnn(CC2CC2)c1)c1ccccc1Cl. The second-order valence-corrected chi connectivity index (χ2v) is 5.24. The summed E-state index contributed by atoms with van der Waals surface area (Å²) in [5.41, 5.74) is 1.17. The van der Waals surface area contributed by atoms with Gasteiger partial charge in [-0.2, -0.15) is 5.10 Å². The molecule has 1 aliphatic rings. The van der Waals surface area contributed by atoms with Crippen molar-refractivity contribution in [1.29, 1.82) is 0 Å². The summed E-state index contributed by atoms with van der Waals surface area (Å²) < 4.78 is 1.87. The molecule has 0 aliphatic heterocycles. The van der Waals surface area contributed by atoms with Gasteiger partial charge in [-0.25, -0.2) is 0 Å². The van der Waals surface area contributed by atoms with Crippen LogP contribution in [0.4, 0.5) is 5.69 Å². The van der Waals surface area contributed by atoms with Gasteiger partial charge in [0.15, 0.2) is 0 Å². The fraction of sp³-hybridized carbons (Fsp3) is 0.286. The number of halogens is 1. The summed E-state index contributed by atoms with van der Waals surface area (Å²) >= 11 is 5.99. The number of hydrogen-bond acceptors (Lipinski definition) is 2. The molecular weight excluding hydrogens is 262 g/mol. The van der Waals surface area contributed by atoms with Crippen molar-refractivity contribution in [1.82, 2.24) is 9.78 Å². The summed E-state index contributed by atoms with van der Waals surface area (Å²) in [4.78, 5) is 12.0. The van der Waals surface area contributed by atoms with Gasteiger partial charge in [-0.1, -0.05) is 23.7 Å². The van der Waals surface area contributed by atoms with Crippen LogP contribution in [-0.4, -0.2) is 15.7 Å². The predicted octanol–water partition coefficient (Wildman–Crippen LogP) is 3.20. The van der Waals surface area contributed by atoms with Crippen LogP contribution in [0.2, 0.25) is 5.02 Å². The third kappa shape index (κ3) is 2.96. The van der Waals surface area contributed by atoms with Crippen LogP contribution in [0, 0.1) is 5.92 Å². The Morgan fingerprint density at radius 2 is 2.21 bits per heavy atom. The number of carbonyl (C=O) groups is 1. The molecular formula is C14H14ClN3O. The fourth-order valence-corrected chi connectivity index (χ4v) is 2.16. The summed E-state index contributed by atoms with van der Waals surface area (Å²) in [6, 6.07) is 6.99. The molecule has 1 aromatic heterocycles. The molecule has 98 valence electrons. The first-order valence-corrected chi connectivity index (χ1v) is 6.68. The Bertz CT molecular complexity index is 604. The minimum absolute atomic E-state index is 0.212. The summed E-state index contributed by atoms with van der Waals surface area (Å²) in [6.45, 7) is 0.933. The zero-order chi connectivity index (χ0) is 13.2. The van der Waals surface area contributed by atoms with Crippen LogP contribution < -0.4 is 5.32 Å². The molecule has 0 radical (unpaired) electrons. The highest BCUT2D eigenvalue weighted by Crippen LogP contribution is 2.30. The molecule has 19 heavy (non-hydrogen) atoms. The lowest BCUT2D eigenvalue weighted by atomic mass is 10.2. The van der Waals surface area contributed by atoms with E-state index in [1.165, 1.54) is 12.8 Å². The van der Waals surface area contributed by atoms with Gasteiger partial charge >= 0.3 is 0 Å². The van der Waals surface area contributed by atoms with Gasteiger partial charge in [-0.3, -0.25) is 9.48 Å². The van der Waals surface area contributed by atoms with Crippen LogP contribution in [-0.2, 0) is 6.54 Å². The van der Waals surface area contributed by atoms with Gasteiger partial charge in [0.05, 0.1) is 22.5 Å². The highest BCUT2D eigenvalue weighted by molar-refractivity contribution is 6.34. The summed E-state index contributed by atoms with van der Waals surface area (Å²) in [5.74, 6) is 0.545. The second-order valence-electron chi connectivity index (χ2n) is 4.83. The Hall–Kier alpha value is -1.81. The van der Waals surface area contributed by atoms with Gasteiger partial charge in [0, 0.05) is 12.7 Å². The molecule has 5 heteroatoms. The number of aromatic nitrogens is 2. The zero-order valence-electron chi connectivity index (χ0n) is 10.3. The van der Waals surface area contributed by atoms with E-state index < -0.39 is 0 Å². The Morgan fingerprint density at radius 3 is 2.95 bits per heavy atom. The van der Waals surface area contributed by atoms with Crippen LogP contribution in [0.3, 0.4) is 0 Å². The van der Waals surface area contributed by atoms with Crippen molar-refractivity contribution in [3.05, 3.63) is 47.2 Å². The second kappa shape index (κ2) is 5.05. The van der Waals surface area contributed by atoms with Crippen LogP contribution in [0.1, 0.15) is 23.2 Å². The van der Waals surface area contributed by atoms with Gasteiger partial charge in [-0.15, -0.1) is 0 Å². The van der Waals surface area contributed by atoms with Crippen molar-refractivity contribution in [2.24, 2.45) is 5.92 Å². The number of nitrogens with zero attached hydrogens (tertiary/aromatic N) is 2. The van der Waals surface area contributed by atoms with E-state index in [2.05, 4.69) is 10.4 Å². The molecule has 1 saturated carbocycles.